The summed E-state index contributed by atoms with van der Waals surface area (Å²) in [6.45, 7) is 0.173. The van der Waals surface area contributed by atoms with Crippen molar-refractivity contribution < 1.29 is 33.6 Å². The Morgan fingerprint density at radius 2 is 1.25 bits per heavy atom. The standard InChI is InChI=1S/C15H13NO5.C9H8BrNO4/c1-20-15(17)13-8-7-11(9-14(13)16(18)19)10-21-12-5-3-2-4-6-12;1-15-9(12)7-3-2-6(5-10)4-8(7)11(13)14/h2-9H,10H2,1H3;2-4H,5H2,1H3. The van der Waals surface area contributed by atoms with Gasteiger partial charge in [0.15, 0.2) is 0 Å². The van der Waals surface area contributed by atoms with Crippen molar-refractivity contribution >= 4 is 39.2 Å². The van der Waals surface area contributed by atoms with Gasteiger partial charge in [0.1, 0.15) is 23.5 Å². The van der Waals surface area contributed by atoms with Crippen LogP contribution in [0.1, 0.15) is 31.8 Å². The molecule has 0 N–H and O–H groups in total. The fourth-order valence-electron chi connectivity index (χ4n) is 2.88. The third-order valence-corrected chi connectivity index (χ3v) is 5.28. The van der Waals surface area contributed by atoms with Crippen molar-refractivity contribution in [2.75, 3.05) is 14.2 Å². The number of ether oxygens (including phenoxy) is 3. The van der Waals surface area contributed by atoms with Crippen molar-refractivity contribution in [3.8, 4) is 5.75 Å². The van der Waals surface area contributed by atoms with Gasteiger partial charge in [0, 0.05) is 17.5 Å². The first kappa shape index (κ1) is 27.9. The van der Waals surface area contributed by atoms with E-state index in [-0.39, 0.29) is 29.1 Å². The lowest BCUT2D eigenvalue weighted by atomic mass is 10.1. The number of carbonyl (C=O) groups is 2. The molecule has 0 radical (unpaired) electrons. The van der Waals surface area contributed by atoms with Gasteiger partial charge in [0.2, 0.25) is 0 Å². The second kappa shape index (κ2) is 13.5. The summed E-state index contributed by atoms with van der Waals surface area (Å²) in [7, 11) is 2.36. The molecule has 188 valence electrons. The maximum absolute atomic E-state index is 11.5. The molecule has 0 unspecified atom stereocenters. The van der Waals surface area contributed by atoms with Crippen LogP contribution in [0.4, 0.5) is 11.4 Å². The van der Waals surface area contributed by atoms with E-state index in [0.717, 1.165) is 5.56 Å². The van der Waals surface area contributed by atoms with Crippen molar-refractivity contribution in [2.45, 2.75) is 11.9 Å². The van der Waals surface area contributed by atoms with E-state index in [9.17, 15) is 29.8 Å². The Morgan fingerprint density at radius 1 is 0.778 bits per heavy atom. The summed E-state index contributed by atoms with van der Waals surface area (Å²) in [6, 6.07) is 17.8. The van der Waals surface area contributed by atoms with Gasteiger partial charge in [-0.3, -0.25) is 20.2 Å². The van der Waals surface area contributed by atoms with Crippen LogP contribution in [0.5, 0.6) is 5.75 Å². The summed E-state index contributed by atoms with van der Waals surface area (Å²) in [5, 5.41) is 22.2. The molecule has 0 saturated carbocycles. The number of methoxy groups -OCH3 is 2. The van der Waals surface area contributed by atoms with Crippen molar-refractivity contribution in [3.63, 3.8) is 0 Å². The van der Waals surface area contributed by atoms with Crippen LogP contribution in [0, 0.1) is 20.2 Å². The van der Waals surface area contributed by atoms with Crippen LogP contribution in [-0.4, -0.2) is 36.0 Å². The van der Waals surface area contributed by atoms with E-state index in [1.54, 1.807) is 24.3 Å². The molecule has 0 bridgehead atoms. The number of hydrogen-bond donors (Lipinski definition) is 0. The van der Waals surface area contributed by atoms with Crippen molar-refractivity contribution in [1.82, 2.24) is 0 Å². The quantitative estimate of drug-likeness (QED) is 0.156. The van der Waals surface area contributed by atoms with E-state index in [4.69, 9.17) is 4.74 Å². The summed E-state index contributed by atoms with van der Waals surface area (Å²) < 4.78 is 14.5. The van der Waals surface area contributed by atoms with Gasteiger partial charge in [0.05, 0.1) is 24.1 Å². The number of nitrogens with zero attached hydrogens (tertiary/aromatic N) is 2. The molecule has 3 aromatic carbocycles. The molecule has 0 aliphatic rings. The number of nitro benzene ring substituents is 2. The zero-order chi connectivity index (χ0) is 26.7. The van der Waals surface area contributed by atoms with Gasteiger partial charge in [0.25, 0.3) is 11.4 Å². The first-order valence-corrected chi connectivity index (χ1v) is 11.3. The Bertz CT molecular complexity index is 1250. The van der Waals surface area contributed by atoms with Crippen molar-refractivity contribution in [1.29, 1.82) is 0 Å². The molecule has 0 aromatic heterocycles. The van der Waals surface area contributed by atoms with E-state index >= 15 is 0 Å². The first-order valence-electron chi connectivity index (χ1n) is 10.2. The zero-order valence-electron chi connectivity index (χ0n) is 19.2. The molecule has 3 rings (SSSR count). The third kappa shape index (κ3) is 7.60. The highest BCUT2D eigenvalue weighted by Crippen LogP contribution is 2.23. The topological polar surface area (TPSA) is 148 Å². The highest BCUT2D eigenvalue weighted by molar-refractivity contribution is 9.08. The lowest BCUT2D eigenvalue weighted by Crippen LogP contribution is -2.07. The number of halogens is 1. The molecular weight excluding hydrogens is 540 g/mol. The molecule has 12 heteroatoms. The lowest BCUT2D eigenvalue weighted by molar-refractivity contribution is -0.385. The summed E-state index contributed by atoms with van der Waals surface area (Å²) >= 11 is 3.18. The fourth-order valence-corrected chi connectivity index (χ4v) is 3.23. The fraction of sp³-hybridized carbons (Fsp3) is 0.167. The van der Waals surface area contributed by atoms with Gasteiger partial charge in [-0.25, -0.2) is 9.59 Å². The Labute approximate surface area is 214 Å². The number of nitro groups is 2. The molecule has 3 aromatic rings. The predicted molar refractivity (Wildman–Crippen MR) is 132 cm³/mol. The van der Waals surface area contributed by atoms with Crippen LogP contribution in [0.15, 0.2) is 66.7 Å². The maximum atomic E-state index is 11.5. The number of benzene rings is 3. The summed E-state index contributed by atoms with van der Waals surface area (Å²) in [5.74, 6) is -0.780. The van der Waals surface area contributed by atoms with Crippen LogP contribution in [-0.2, 0) is 21.4 Å². The minimum absolute atomic E-state index is 0.0350. The summed E-state index contributed by atoms with van der Waals surface area (Å²) in [6.07, 6.45) is 0. The van der Waals surface area contributed by atoms with E-state index < -0.39 is 21.8 Å². The van der Waals surface area contributed by atoms with E-state index in [2.05, 4.69) is 25.4 Å². The number of esters is 2. The maximum Gasteiger partial charge on any atom is 0.344 e. The largest absolute Gasteiger partial charge is 0.489 e. The van der Waals surface area contributed by atoms with Crippen molar-refractivity contribution in [2.24, 2.45) is 0 Å². The molecule has 0 saturated heterocycles. The van der Waals surface area contributed by atoms with E-state index in [1.807, 2.05) is 18.2 Å². The van der Waals surface area contributed by atoms with Gasteiger partial charge >= 0.3 is 11.9 Å². The molecule has 0 aliphatic heterocycles. The summed E-state index contributed by atoms with van der Waals surface area (Å²) in [5.41, 5.74) is 0.681. The Balaban J connectivity index is 0.000000269. The average molecular weight is 561 g/mol. The number of alkyl halides is 1. The molecule has 0 fully saturated rings. The van der Waals surface area contributed by atoms with Crippen LogP contribution < -0.4 is 4.74 Å². The molecule has 0 atom stereocenters. The van der Waals surface area contributed by atoms with Crippen LogP contribution in [0.3, 0.4) is 0 Å². The monoisotopic (exact) mass is 560 g/mol. The van der Waals surface area contributed by atoms with Gasteiger partial charge < -0.3 is 14.2 Å². The van der Waals surface area contributed by atoms with Crippen LogP contribution in [0.25, 0.3) is 0 Å². The molecule has 0 heterocycles. The SMILES string of the molecule is COC(=O)c1ccc(CBr)cc1[N+](=O)[O-].COC(=O)c1ccc(COc2ccccc2)cc1[N+](=O)[O-]. The number of hydrogen-bond acceptors (Lipinski definition) is 9. The number of para-hydroxylation sites is 1. The van der Waals surface area contributed by atoms with E-state index in [1.165, 1.54) is 38.5 Å². The minimum Gasteiger partial charge on any atom is -0.489 e. The number of carbonyl (C=O) groups excluding carboxylic acids is 2. The molecule has 0 aliphatic carbocycles. The smallest absolute Gasteiger partial charge is 0.344 e. The Kier molecular flexibility index (Phi) is 10.5. The lowest BCUT2D eigenvalue weighted by Gasteiger charge is -2.07. The van der Waals surface area contributed by atoms with Gasteiger partial charge in [-0.05, 0) is 35.4 Å². The minimum atomic E-state index is -0.739. The molecule has 11 nitrogen and oxygen atoms in total. The molecule has 36 heavy (non-hydrogen) atoms. The predicted octanol–water partition coefficient (Wildman–Crippen LogP) is 5.24. The second-order valence-electron chi connectivity index (χ2n) is 6.94. The van der Waals surface area contributed by atoms with Crippen molar-refractivity contribution in [3.05, 3.63) is 109 Å². The van der Waals surface area contributed by atoms with E-state index in [0.29, 0.717) is 16.6 Å². The Hall–Kier alpha value is -4.32. The van der Waals surface area contributed by atoms with Crippen LogP contribution >= 0.6 is 15.9 Å². The molecule has 0 amide bonds. The highest BCUT2D eigenvalue weighted by Gasteiger charge is 2.22. The third-order valence-electron chi connectivity index (χ3n) is 4.63. The van der Waals surface area contributed by atoms with Crippen LogP contribution in [0.2, 0.25) is 0 Å². The molecule has 0 spiro atoms. The highest BCUT2D eigenvalue weighted by atomic mass is 79.9. The number of rotatable bonds is 8. The Morgan fingerprint density at radius 3 is 1.69 bits per heavy atom. The van der Waals surface area contributed by atoms with Gasteiger partial charge in [-0.2, -0.15) is 0 Å². The second-order valence-corrected chi connectivity index (χ2v) is 7.50. The zero-order valence-corrected chi connectivity index (χ0v) is 20.8. The average Bonchev–Trinajstić information content (AvgIpc) is 2.91. The van der Waals surface area contributed by atoms with Gasteiger partial charge in [-0.15, -0.1) is 0 Å². The molecular formula is C24H21BrN2O9. The first-order chi connectivity index (χ1) is 17.2. The summed E-state index contributed by atoms with van der Waals surface area (Å²) in [4.78, 5) is 43.2. The normalized spacial score (nSPS) is 9.86. The van der Waals surface area contributed by atoms with Gasteiger partial charge in [-0.1, -0.05) is 46.3 Å².